The Morgan fingerprint density at radius 1 is 1.44 bits per heavy atom. The number of nitrogens with one attached hydrogen (secondary N) is 2. The molecule has 1 heterocycles. The summed E-state index contributed by atoms with van der Waals surface area (Å²) in [6, 6.07) is 5.93. The minimum Gasteiger partial charge on any atom is -0.495 e. The van der Waals surface area contributed by atoms with Crippen molar-refractivity contribution < 1.29 is 9.53 Å². The third-order valence-corrected chi connectivity index (χ3v) is 4.68. The molecule has 1 aliphatic rings. The SMILES string of the molecule is CCNC(=NCCC(=O)N(C)C)NC1CCN(c2cc(Cl)ccc2OC)C1. The van der Waals surface area contributed by atoms with Crippen LogP contribution in [0.15, 0.2) is 23.2 Å². The first kappa shape index (κ1) is 21.2. The first-order valence-electron chi connectivity index (χ1n) is 9.28. The van der Waals surface area contributed by atoms with Crippen LogP contribution in [0.5, 0.6) is 5.75 Å². The molecular formula is C19H30ClN5O2. The second-order valence-corrected chi connectivity index (χ2v) is 7.13. The van der Waals surface area contributed by atoms with E-state index in [4.69, 9.17) is 16.3 Å². The number of ether oxygens (including phenoxy) is 1. The first-order valence-corrected chi connectivity index (χ1v) is 9.65. The fourth-order valence-electron chi connectivity index (χ4n) is 3.01. The van der Waals surface area contributed by atoms with Crippen LogP contribution in [-0.2, 0) is 4.79 Å². The van der Waals surface area contributed by atoms with E-state index in [1.807, 2.05) is 25.1 Å². The lowest BCUT2D eigenvalue weighted by molar-refractivity contribution is -0.128. The second-order valence-electron chi connectivity index (χ2n) is 6.69. The van der Waals surface area contributed by atoms with E-state index < -0.39 is 0 Å². The summed E-state index contributed by atoms with van der Waals surface area (Å²) in [5, 5.41) is 7.42. The van der Waals surface area contributed by atoms with Gasteiger partial charge in [-0.25, -0.2) is 0 Å². The minimum absolute atomic E-state index is 0.0784. The van der Waals surface area contributed by atoms with E-state index in [0.29, 0.717) is 18.0 Å². The van der Waals surface area contributed by atoms with Crippen molar-refractivity contribution in [3.8, 4) is 5.75 Å². The van der Waals surface area contributed by atoms with E-state index in [-0.39, 0.29) is 11.9 Å². The number of carbonyl (C=O) groups is 1. The summed E-state index contributed by atoms with van der Waals surface area (Å²) in [4.78, 5) is 20.1. The largest absolute Gasteiger partial charge is 0.495 e. The Hall–Kier alpha value is -2.15. The van der Waals surface area contributed by atoms with Gasteiger partial charge in [0.15, 0.2) is 5.96 Å². The zero-order valence-corrected chi connectivity index (χ0v) is 17.3. The number of halogens is 1. The molecule has 1 aliphatic heterocycles. The molecule has 27 heavy (non-hydrogen) atoms. The maximum atomic E-state index is 11.7. The molecule has 7 nitrogen and oxygen atoms in total. The van der Waals surface area contributed by atoms with Gasteiger partial charge >= 0.3 is 0 Å². The van der Waals surface area contributed by atoms with Crippen LogP contribution in [0.2, 0.25) is 5.02 Å². The van der Waals surface area contributed by atoms with Gasteiger partial charge in [0.2, 0.25) is 5.91 Å². The number of methoxy groups -OCH3 is 1. The van der Waals surface area contributed by atoms with Crippen LogP contribution in [0.25, 0.3) is 0 Å². The summed E-state index contributed by atoms with van der Waals surface area (Å²) >= 11 is 6.16. The molecule has 8 heteroatoms. The molecular weight excluding hydrogens is 366 g/mol. The lowest BCUT2D eigenvalue weighted by Gasteiger charge is -2.22. The number of hydrogen-bond donors (Lipinski definition) is 2. The average Bonchev–Trinajstić information content (AvgIpc) is 3.10. The lowest BCUT2D eigenvalue weighted by atomic mass is 10.2. The third-order valence-electron chi connectivity index (χ3n) is 4.45. The van der Waals surface area contributed by atoms with Gasteiger partial charge in [0.05, 0.1) is 19.3 Å². The molecule has 150 valence electrons. The number of nitrogens with zero attached hydrogens (tertiary/aromatic N) is 3. The van der Waals surface area contributed by atoms with E-state index in [9.17, 15) is 4.79 Å². The van der Waals surface area contributed by atoms with Crippen molar-refractivity contribution >= 4 is 29.2 Å². The Bertz CT molecular complexity index is 666. The molecule has 0 aliphatic carbocycles. The molecule has 1 unspecified atom stereocenters. The van der Waals surface area contributed by atoms with E-state index in [0.717, 1.165) is 43.5 Å². The van der Waals surface area contributed by atoms with Crippen LogP contribution in [0, 0.1) is 0 Å². The smallest absolute Gasteiger partial charge is 0.223 e. The van der Waals surface area contributed by atoms with Crippen molar-refractivity contribution in [1.29, 1.82) is 0 Å². The zero-order chi connectivity index (χ0) is 19.8. The topological polar surface area (TPSA) is 69.2 Å². The zero-order valence-electron chi connectivity index (χ0n) is 16.6. The van der Waals surface area contributed by atoms with Crippen molar-refractivity contribution in [3.63, 3.8) is 0 Å². The Morgan fingerprint density at radius 3 is 2.89 bits per heavy atom. The fourth-order valence-corrected chi connectivity index (χ4v) is 3.17. The van der Waals surface area contributed by atoms with Gasteiger partial charge < -0.3 is 25.2 Å². The number of benzene rings is 1. The molecule has 2 N–H and O–H groups in total. The summed E-state index contributed by atoms with van der Waals surface area (Å²) in [7, 11) is 5.18. The van der Waals surface area contributed by atoms with Crippen molar-refractivity contribution in [3.05, 3.63) is 23.2 Å². The highest BCUT2D eigenvalue weighted by Gasteiger charge is 2.25. The Labute approximate surface area is 166 Å². The molecule has 0 spiro atoms. The maximum absolute atomic E-state index is 11.7. The second kappa shape index (κ2) is 10.3. The van der Waals surface area contributed by atoms with Gasteiger partial charge in [0, 0.05) is 51.2 Å². The predicted octanol–water partition coefficient (Wildman–Crippen LogP) is 1.96. The number of aliphatic imine (C=N–C) groups is 1. The van der Waals surface area contributed by atoms with Crippen molar-refractivity contribution in [1.82, 2.24) is 15.5 Å². The van der Waals surface area contributed by atoms with Crippen molar-refractivity contribution in [2.24, 2.45) is 4.99 Å². The Morgan fingerprint density at radius 2 is 2.22 bits per heavy atom. The quantitative estimate of drug-likeness (QED) is 0.545. The Balaban J connectivity index is 1.96. The monoisotopic (exact) mass is 395 g/mol. The highest BCUT2D eigenvalue weighted by molar-refractivity contribution is 6.30. The van der Waals surface area contributed by atoms with Crippen molar-refractivity contribution in [2.75, 3.05) is 52.3 Å². The van der Waals surface area contributed by atoms with E-state index >= 15 is 0 Å². The van der Waals surface area contributed by atoms with E-state index in [2.05, 4.69) is 20.5 Å². The molecule has 1 aromatic rings. The molecule has 1 atom stereocenters. The predicted molar refractivity (Wildman–Crippen MR) is 111 cm³/mol. The van der Waals surface area contributed by atoms with Crippen LogP contribution in [-0.4, -0.2) is 70.2 Å². The van der Waals surface area contributed by atoms with Gasteiger partial charge in [0.25, 0.3) is 0 Å². The first-order chi connectivity index (χ1) is 12.9. The summed E-state index contributed by atoms with van der Waals surface area (Å²) in [5.74, 6) is 1.64. The average molecular weight is 396 g/mol. The number of rotatable bonds is 7. The molecule has 0 bridgehead atoms. The summed E-state index contributed by atoms with van der Waals surface area (Å²) in [6.07, 6.45) is 1.39. The number of guanidine groups is 1. The van der Waals surface area contributed by atoms with Gasteiger partial charge in [-0.2, -0.15) is 0 Å². The van der Waals surface area contributed by atoms with E-state index in [1.54, 1.807) is 26.1 Å². The van der Waals surface area contributed by atoms with Crippen molar-refractivity contribution in [2.45, 2.75) is 25.8 Å². The van der Waals surface area contributed by atoms with Gasteiger partial charge in [-0.1, -0.05) is 11.6 Å². The minimum atomic E-state index is 0.0784. The molecule has 0 saturated carbocycles. The van der Waals surface area contributed by atoms with Gasteiger partial charge in [0.1, 0.15) is 5.75 Å². The number of carbonyl (C=O) groups excluding carboxylic acids is 1. The molecule has 1 aromatic carbocycles. The molecule has 1 fully saturated rings. The molecule has 0 radical (unpaired) electrons. The highest BCUT2D eigenvalue weighted by Crippen LogP contribution is 2.33. The highest BCUT2D eigenvalue weighted by atomic mass is 35.5. The fraction of sp³-hybridized carbons (Fsp3) is 0.579. The van der Waals surface area contributed by atoms with Gasteiger partial charge in [-0.3, -0.25) is 9.79 Å². The summed E-state index contributed by atoms with van der Waals surface area (Å²) in [5.41, 5.74) is 1.01. The van der Waals surface area contributed by atoms with Crippen LogP contribution in [0.1, 0.15) is 19.8 Å². The normalized spacial score (nSPS) is 17.0. The lowest BCUT2D eigenvalue weighted by Crippen LogP contribution is -2.44. The number of hydrogen-bond acceptors (Lipinski definition) is 4. The maximum Gasteiger partial charge on any atom is 0.223 e. The van der Waals surface area contributed by atoms with Crippen LogP contribution in [0.4, 0.5) is 5.69 Å². The molecule has 0 aromatic heterocycles. The van der Waals surface area contributed by atoms with Gasteiger partial charge in [-0.05, 0) is 31.5 Å². The number of anilines is 1. The molecule has 2 rings (SSSR count). The summed E-state index contributed by atoms with van der Waals surface area (Å²) < 4.78 is 5.47. The third kappa shape index (κ3) is 6.20. The van der Waals surface area contributed by atoms with Crippen LogP contribution < -0.4 is 20.3 Å². The number of amides is 1. The van der Waals surface area contributed by atoms with Crippen LogP contribution in [0.3, 0.4) is 0 Å². The summed E-state index contributed by atoms with van der Waals surface area (Å²) in [6.45, 7) is 5.00. The van der Waals surface area contributed by atoms with E-state index in [1.165, 1.54) is 0 Å². The van der Waals surface area contributed by atoms with Crippen LogP contribution >= 0.6 is 11.6 Å². The Kier molecular flexibility index (Phi) is 8.03. The van der Waals surface area contributed by atoms with Gasteiger partial charge in [-0.15, -0.1) is 0 Å². The molecule has 1 amide bonds. The molecule has 1 saturated heterocycles. The standard InChI is InChI=1S/C19H30ClN5O2/c1-5-21-19(22-10-8-18(26)24(2)3)23-15-9-11-25(13-15)16-12-14(20)6-7-17(16)27-4/h6-7,12,15H,5,8-11,13H2,1-4H3,(H2,21,22,23).